The first-order valence-electron chi connectivity index (χ1n) is 6.88. The van der Waals surface area contributed by atoms with Crippen molar-refractivity contribution in [2.24, 2.45) is 0 Å². The Balaban J connectivity index is 2.45. The standard InChI is InChI=1S/C16H13F3O5S/c1-10-4-3-5-12(6-10)23-13-7-11(2)14(9-20)15(8-13)24-25(21,22)16(17,18)19/h3-9H,1-2H3. The van der Waals surface area contributed by atoms with Crippen LogP contribution in [0.25, 0.3) is 0 Å². The van der Waals surface area contributed by atoms with Crippen molar-refractivity contribution >= 4 is 16.4 Å². The van der Waals surface area contributed by atoms with Crippen LogP contribution in [0.3, 0.4) is 0 Å². The van der Waals surface area contributed by atoms with E-state index in [2.05, 4.69) is 4.18 Å². The smallest absolute Gasteiger partial charge is 0.457 e. The zero-order chi connectivity index (χ0) is 18.8. The number of carbonyl (C=O) groups is 1. The predicted molar refractivity (Wildman–Crippen MR) is 83.4 cm³/mol. The number of aldehydes is 1. The lowest BCUT2D eigenvalue weighted by atomic mass is 10.1. The van der Waals surface area contributed by atoms with Gasteiger partial charge in [-0.1, -0.05) is 12.1 Å². The van der Waals surface area contributed by atoms with Crippen LogP contribution in [0, 0.1) is 13.8 Å². The summed E-state index contributed by atoms with van der Waals surface area (Å²) in [7, 11) is -5.91. The van der Waals surface area contributed by atoms with Gasteiger partial charge in [0.2, 0.25) is 0 Å². The van der Waals surface area contributed by atoms with Crippen molar-refractivity contribution in [1.29, 1.82) is 0 Å². The number of alkyl halides is 3. The van der Waals surface area contributed by atoms with Gasteiger partial charge in [-0.2, -0.15) is 21.6 Å². The maximum atomic E-state index is 12.5. The number of ether oxygens (including phenoxy) is 1. The van der Waals surface area contributed by atoms with E-state index in [0.717, 1.165) is 11.6 Å². The number of carbonyl (C=O) groups excluding carboxylic acids is 1. The highest BCUT2D eigenvalue weighted by Gasteiger charge is 2.48. The zero-order valence-corrected chi connectivity index (χ0v) is 13.9. The van der Waals surface area contributed by atoms with Crippen LogP contribution in [0.1, 0.15) is 21.5 Å². The van der Waals surface area contributed by atoms with E-state index < -0.39 is 21.4 Å². The van der Waals surface area contributed by atoms with Gasteiger partial charge in [-0.15, -0.1) is 0 Å². The van der Waals surface area contributed by atoms with E-state index in [9.17, 15) is 26.4 Å². The molecule has 0 heterocycles. The Morgan fingerprint density at radius 1 is 1.04 bits per heavy atom. The summed E-state index contributed by atoms with van der Waals surface area (Å²) in [5.74, 6) is -0.334. The van der Waals surface area contributed by atoms with Gasteiger partial charge in [0.25, 0.3) is 0 Å². The molecule has 0 aliphatic heterocycles. The molecule has 0 saturated heterocycles. The second-order valence-electron chi connectivity index (χ2n) is 5.17. The molecule has 0 aliphatic rings. The molecule has 0 unspecified atom stereocenters. The van der Waals surface area contributed by atoms with Gasteiger partial charge in [-0.25, -0.2) is 0 Å². The van der Waals surface area contributed by atoms with Gasteiger partial charge < -0.3 is 8.92 Å². The third kappa shape index (κ3) is 4.30. The highest BCUT2D eigenvalue weighted by Crippen LogP contribution is 2.34. The first-order chi connectivity index (χ1) is 11.5. The van der Waals surface area contributed by atoms with E-state index >= 15 is 0 Å². The summed E-state index contributed by atoms with van der Waals surface area (Å²) in [6.45, 7) is 3.23. The molecule has 0 bridgehead atoms. The molecule has 0 radical (unpaired) electrons. The summed E-state index contributed by atoms with van der Waals surface area (Å²) < 4.78 is 69.6. The van der Waals surface area contributed by atoms with E-state index in [1.165, 1.54) is 13.0 Å². The number of hydrogen-bond donors (Lipinski definition) is 0. The summed E-state index contributed by atoms with van der Waals surface area (Å²) in [5.41, 5.74) is -4.85. The zero-order valence-electron chi connectivity index (χ0n) is 13.1. The monoisotopic (exact) mass is 374 g/mol. The Morgan fingerprint density at radius 3 is 2.28 bits per heavy atom. The van der Waals surface area contributed by atoms with Gasteiger partial charge in [-0.3, -0.25) is 4.79 Å². The molecule has 2 aromatic rings. The predicted octanol–water partition coefficient (Wildman–Crippen LogP) is 4.14. The second kappa shape index (κ2) is 6.75. The number of rotatable bonds is 5. The van der Waals surface area contributed by atoms with Crippen LogP contribution >= 0.6 is 0 Å². The number of halogens is 3. The summed E-state index contributed by atoms with van der Waals surface area (Å²) in [5, 5.41) is 0. The van der Waals surface area contributed by atoms with Gasteiger partial charge in [0.05, 0.1) is 5.56 Å². The minimum Gasteiger partial charge on any atom is -0.457 e. The first-order valence-corrected chi connectivity index (χ1v) is 8.29. The molecule has 0 fully saturated rings. The van der Waals surface area contributed by atoms with Crippen LogP contribution in [0.15, 0.2) is 36.4 Å². The largest absolute Gasteiger partial charge is 0.534 e. The summed E-state index contributed by atoms with van der Waals surface area (Å²) >= 11 is 0. The summed E-state index contributed by atoms with van der Waals surface area (Å²) in [4.78, 5) is 11.1. The fourth-order valence-corrected chi connectivity index (χ4v) is 2.46. The van der Waals surface area contributed by atoms with Crippen molar-refractivity contribution in [3.05, 3.63) is 53.1 Å². The Bertz CT molecular complexity index is 904. The number of hydrogen-bond acceptors (Lipinski definition) is 5. The maximum absolute atomic E-state index is 12.5. The Hall–Kier alpha value is -2.55. The van der Waals surface area contributed by atoms with Gasteiger partial charge in [-0.05, 0) is 43.2 Å². The van der Waals surface area contributed by atoms with E-state index in [-0.39, 0.29) is 23.2 Å². The van der Waals surface area contributed by atoms with Crippen LogP contribution in [-0.2, 0) is 10.1 Å². The fraction of sp³-hybridized carbons (Fsp3) is 0.188. The fourth-order valence-electron chi connectivity index (χ4n) is 1.99. The van der Waals surface area contributed by atoms with Crippen LogP contribution in [0.4, 0.5) is 13.2 Å². The lowest BCUT2D eigenvalue weighted by molar-refractivity contribution is -0.0500. The molecule has 5 nitrogen and oxygen atoms in total. The molecule has 0 saturated carbocycles. The molecule has 2 aromatic carbocycles. The molecule has 0 aromatic heterocycles. The van der Waals surface area contributed by atoms with Crippen molar-refractivity contribution in [1.82, 2.24) is 0 Å². The molecule has 134 valence electrons. The summed E-state index contributed by atoms with van der Waals surface area (Å²) in [6, 6.07) is 9.13. The minimum atomic E-state index is -5.91. The van der Waals surface area contributed by atoms with E-state index in [1.807, 2.05) is 13.0 Å². The third-order valence-electron chi connectivity index (χ3n) is 3.15. The van der Waals surface area contributed by atoms with E-state index in [1.54, 1.807) is 18.2 Å². The maximum Gasteiger partial charge on any atom is 0.534 e. The van der Waals surface area contributed by atoms with Crippen LogP contribution in [0.5, 0.6) is 17.2 Å². The van der Waals surface area contributed by atoms with Crippen molar-refractivity contribution in [3.8, 4) is 17.2 Å². The van der Waals surface area contributed by atoms with E-state index in [4.69, 9.17) is 4.74 Å². The first kappa shape index (κ1) is 18.8. The number of benzene rings is 2. The molecule has 0 amide bonds. The van der Waals surface area contributed by atoms with Gasteiger partial charge in [0.15, 0.2) is 12.0 Å². The SMILES string of the molecule is Cc1cccc(Oc2cc(C)c(C=O)c(OS(=O)(=O)C(F)(F)F)c2)c1. The van der Waals surface area contributed by atoms with Crippen molar-refractivity contribution in [2.45, 2.75) is 19.4 Å². The normalized spacial score (nSPS) is 11.9. The average molecular weight is 374 g/mol. The van der Waals surface area contributed by atoms with Crippen LogP contribution < -0.4 is 8.92 Å². The third-order valence-corrected chi connectivity index (χ3v) is 4.11. The molecular weight excluding hydrogens is 361 g/mol. The molecule has 0 aliphatic carbocycles. The van der Waals surface area contributed by atoms with Crippen LogP contribution in [-0.4, -0.2) is 20.2 Å². The molecule has 25 heavy (non-hydrogen) atoms. The van der Waals surface area contributed by atoms with E-state index in [0.29, 0.717) is 5.75 Å². The van der Waals surface area contributed by atoms with Crippen molar-refractivity contribution in [2.75, 3.05) is 0 Å². The molecule has 0 N–H and O–H groups in total. The molecule has 9 heteroatoms. The summed E-state index contributed by atoms with van der Waals surface area (Å²) in [6.07, 6.45) is 0.215. The topological polar surface area (TPSA) is 69.7 Å². The van der Waals surface area contributed by atoms with Crippen molar-refractivity contribution < 1.29 is 35.3 Å². The Morgan fingerprint density at radius 2 is 1.72 bits per heavy atom. The second-order valence-corrected chi connectivity index (χ2v) is 6.71. The average Bonchev–Trinajstić information content (AvgIpc) is 2.45. The molecule has 0 spiro atoms. The molecular formula is C16H13F3O5S. The highest BCUT2D eigenvalue weighted by atomic mass is 32.2. The minimum absolute atomic E-state index is 0.0288. The lowest BCUT2D eigenvalue weighted by Crippen LogP contribution is -2.28. The van der Waals surface area contributed by atoms with Gasteiger partial charge >= 0.3 is 15.6 Å². The van der Waals surface area contributed by atoms with Gasteiger partial charge in [0.1, 0.15) is 11.5 Å². The number of aryl methyl sites for hydroxylation is 2. The Labute approximate surface area is 142 Å². The Kier molecular flexibility index (Phi) is 5.07. The molecule has 0 atom stereocenters. The van der Waals surface area contributed by atoms with Crippen molar-refractivity contribution in [3.63, 3.8) is 0 Å². The lowest BCUT2D eigenvalue weighted by Gasteiger charge is -2.14. The highest BCUT2D eigenvalue weighted by molar-refractivity contribution is 7.88. The molecule has 2 rings (SSSR count). The van der Waals surface area contributed by atoms with Crippen LogP contribution in [0.2, 0.25) is 0 Å². The quantitative estimate of drug-likeness (QED) is 0.447. The van der Waals surface area contributed by atoms with Gasteiger partial charge in [0, 0.05) is 6.07 Å².